The number of carbonyl (C=O) groups is 3. The molecule has 13 heteroatoms. The smallest absolute Gasteiger partial charge is 0.433 e. The summed E-state index contributed by atoms with van der Waals surface area (Å²) in [4.78, 5) is 35.3. The van der Waals surface area contributed by atoms with Crippen molar-refractivity contribution in [1.82, 2.24) is 5.06 Å². The standard InChI is InChI=1S/C17H19F4NO7S/c1-9(23)28-7-3-2-6-16(18,19)17(20,21)30(26,27)29-22-14(24)12-10-4-5-11(8-10)13(12)15(22)25/h4-5,10-13H,2-3,6-8H2,1H3. The fourth-order valence-corrected chi connectivity index (χ4v) is 4.99. The van der Waals surface area contributed by atoms with Crippen molar-refractivity contribution >= 4 is 27.9 Å². The molecule has 1 heterocycles. The number of imide groups is 1. The second-order valence-corrected chi connectivity index (χ2v) is 9.09. The number of rotatable bonds is 9. The van der Waals surface area contributed by atoms with Crippen LogP contribution >= 0.6 is 0 Å². The molecule has 0 aromatic carbocycles. The predicted octanol–water partition coefficient (Wildman–Crippen LogP) is 2.02. The number of unbranched alkanes of at least 4 members (excludes halogenated alkanes) is 1. The first-order valence-corrected chi connectivity index (χ1v) is 10.6. The zero-order valence-corrected chi connectivity index (χ0v) is 16.5. The Morgan fingerprint density at radius 2 is 1.63 bits per heavy atom. The number of esters is 1. The predicted molar refractivity (Wildman–Crippen MR) is 90.0 cm³/mol. The highest BCUT2D eigenvalue weighted by Gasteiger charge is 2.68. The second-order valence-electron chi connectivity index (χ2n) is 7.52. The molecule has 3 rings (SSSR count). The van der Waals surface area contributed by atoms with Crippen LogP contribution in [0.15, 0.2) is 12.2 Å². The van der Waals surface area contributed by atoms with E-state index in [4.69, 9.17) is 0 Å². The third-order valence-electron chi connectivity index (χ3n) is 5.53. The van der Waals surface area contributed by atoms with Gasteiger partial charge in [0.1, 0.15) is 0 Å². The summed E-state index contributed by atoms with van der Waals surface area (Å²) >= 11 is 0. The summed E-state index contributed by atoms with van der Waals surface area (Å²) in [5.74, 6) is -10.6. The third-order valence-corrected chi connectivity index (χ3v) is 6.80. The van der Waals surface area contributed by atoms with Crippen LogP contribution in [0.4, 0.5) is 17.6 Å². The minimum Gasteiger partial charge on any atom is -0.466 e. The van der Waals surface area contributed by atoms with Crippen LogP contribution in [0.25, 0.3) is 0 Å². The molecule has 2 amide bonds. The number of allylic oxidation sites excluding steroid dienone is 2. The van der Waals surface area contributed by atoms with Gasteiger partial charge in [-0.2, -0.15) is 26.0 Å². The van der Waals surface area contributed by atoms with Gasteiger partial charge < -0.3 is 4.74 Å². The molecular formula is C17H19F4NO7S. The molecule has 0 N–H and O–H groups in total. The topological polar surface area (TPSA) is 107 Å². The summed E-state index contributed by atoms with van der Waals surface area (Å²) in [5.41, 5.74) is 0. The summed E-state index contributed by atoms with van der Waals surface area (Å²) in [7, 11) is -6.37. The van der Waals surface area contributed by atoms with E-state index >= 15 is 0 Å². The molecule has 30 heavy (non-hydrogen) atoms. The molecule has 2 aliphatic carbocycles. The highest BCUT2D eigenvalue weighted by Crippen LogP contribution is 2.53. The molecule has 1 aliphatic heterocycles. The molecular weight excluding hydrogens is 438 g/mol. The first kappa shape index (κ1) is 22.7. The van der Waals surface area contributed by atoms with Gasteiger partial charge in [0, 0.05) is 13.3 Å². The Morgan fingerprint density at radius 1 is 1.10 bits per heavy atom. The highest BCUT2D eigenvalue weighted by molar-refractivity contribution is 7.87. The van der Waals surface area contributed by atoms with E-state index < -0.39 is 63.8 Å². The Morgan fingerprint density at radius 3 is 2.13 bits per heavy atom. The van der Waals surface area contributed by atoms with Gasteiger partial charge in [0.2, 0.25) is 0 Å². The first-order chi connectivity index (χ1) is 13.8. The minimum atomic E-state index is -6.37. The van der Waals surface area contributed by atoms with Gasteiger partial charge in [-0.15, -0.1) is 9.35 Å². The minimum absolute atomic E-state index is 0.200. The average Bonchev–Trinajstić information content (AvgIpc) is 3.31. The van der Waals surface area contributed by atoms with Crippen molar-refractivity contribution in [1.29, 1.82) is 0 Å². The van der Waals surface area contributed by atoms with Crippen molar-refractivity contribution in [3.05, 3.63) is 12.2 Å². The molecule has 1 saturated carbocycles. The Labute approximate surface area is 169 Å². The number of nitrogens with zero attached hydrogens (tertiary/aromatic N) is 1. The summed E-state index contributed by atoms with van der Waals surface area (Å²) in [6, 6.07) is 0. The number of hydrogen-bond acceptors (Lipinski definition) is 7. The van der Waals surface area contributed by atoms with Crippen LogP contribution in [0.5, 0.6) is 0 Å². The van der Waals surface area contributed by atoms with Gasteiger partial charge in [0.15, 0.2) is 0 Å². The van der Waals surface area contributed by atoms with Gasteiger partial charge in [-0.3, -0.25) is 14.4 Å². The van der Waals surface area contributed by atoms with Gasteiger partial charge >= 0.3 is 27.3 Å². The number of alkyl halides is 4. The van der Waals surface area contributed by atoms with E-state index in [9.17, 15) is 40.4 Å². The van der Waals surface area contributed by atoms with Crippen LogP contribution in [-0.2, 0) is 33.5 Å². The van der Waals surface area contributed by atoms with E-state index in [1.807, 2.05) is 0 Å². The number of hydrogen-bond donors (Lipinski definition) is 0. The first-order valence-electron chi connectivity index (χ1n) is 9.19. The lowest BCUT2D eigenvalue weighted by molar-refractivity contribution is -0.183. The molecule has 0 aromatic heterocycles. The van der Waals surface area contributed by atoms with E-state index in [0.29, 0.717) is 6.42 Å². The molecule has 8 nitrogen and oxygen atoms in total. The zero-order chi connectivity index (χ0) is 22.5. The maximum atomic E-state index is 14.2. The van der Waals surface area contributed by atoms with Gasteiger partial charge in [-0.1, -0.05) is 12.2 Å². The third kappa shape index (κ3) is 3.61. The molecule has 0 aromatic rings. The van der Waals surface area contributed by atoms with Gasteiger partial charge in [-0.25, -0.2) is 0 Å². The van der Waals surface area contributed by atoms with Crippen molar-refractivity contribution in [2.45, 2.75) is 43.8 Å². The Bertz CT molecular complexity index is 859. The molecule has 2 fully saturated rings. The summed E-state index contributed by atoms with van der Waals surface area (Å²) < 4.78 is 88.7. The van der Waals surface area contributed by atoms with Gasteiger partial charge in [0.05, 0.1) is 18.4 Å². The maximum Gasteiger partial charge on any atom is 0.433 e. The lowest BCUT2D eigenvalue weighted by Crippen LogP contribution is -2.50. The van der Waals surface area contributed by atoms with Crippen LogP contribution in [0.3, 0.4) is 0 Å². The van der Waals surface area contributed by atoms with Crippen molar-refractivity contribution in [2.75, 3.05) is 6.61 Å². The average molecular weight is 457 g/mol. The van der Waals surface area contributed by atoms with Crippen molar-refractivity contribution in [3.63, 3.8) is 0 Å². The van der Waals surface area contributed by atoms with Crippen LogP contribution in [0, 0.1) is 23.7 Å². The summed E-state index contributed by atoms with van der Waals surface area (Å²) in [6.07, 6.45) is 1.52. The van der Waals surface area contributed by atoms with E-state index in [2.05, 4.69) is 9.02 Å². The van der Waals surface area contributed by atoms with Gasteiger partial charge in [0.25, 0.3) is 11.8 Å². The van der Waals surface area contributed by atoms with Gasteiger partial charge in [-0.05, 0) is 31.1 Å². The molecule has 0 spiro atoms. The highest BCUT2D eigenvalue weighted by atomic mass is 32.2. The van der Waals surface area contributed by atoms with Crippen LogP contribution in [0.2, 0.25) is 0 Å². The number of hydroxylamine groups is 2. The number of halogens is 4. The zero-order valence-electron chi connectivity index (χ0n) is 15.7. The number of amides is 2. The molecule has 1 saturated heterocycles. The molecule has 168 valence electrons. The number of fused-ring (bicyclic) bond motifs is 5. The van der Waals surface area contributed by atoms with Crippen LogP contribution in [-0.4, -0.2) is 49.0 Å². The Hall–Kier alpha value is -2.02. The fraction of sp³-hybridized carbons (Fsp3) is 0.706. The van der Waals surface area contributed by atoms with Crippen LogP contribution < -0.4 is 0 Å². The lowest BCUT2D eigenvalue weighted by atomic mass is 9.85. The Balaban J connectivity index is 1.67. The molecule has 2 bridgehead atoms. The van der Waals surface area contributed by atoms with E-state index in [1.54, 1.807) is 12.2 Å². The fourth-order valence-electron chi connectivity index (χ4n) is 4.09. The molecule has 3 aliphatic rings. The van der Waals surface area contributed by atoms with E-state index in [-0.39, 0.29) is 29.9 Å². The van der Waals surface area contributed by atoms with Crippen molar-refractivity contribution < 1.29 is 49.4 Å². The number of carbonyl (C=O) groups excluding carboxylic acids is 3. The SMILES string of the molecule is CC(=O)OCCCCC(F)(F)C(F)(F)S(=O)(=O)ON1C(=O)C2C3C=CC(C3)C2C1=O. The monoisotopic (exact) mass is 457 g/mol. The molecule has 4 unspecified atom stereocenters. The molecule has 0 radical (unpaired) electrons. The lowest BCUT2D eigenvalue weighted by Gasteiger charge is -2.27. The van der Waals surface area contributed by atoms with E-state index in [0.717, 1.165) is 6.92 Å². The normalized spacial score (nSPS) is 28.4. The second kappa shape index (κ2) is 7.59. The van der Waals surface area contributed by atoms with Crippen molar-refractivity contribution in [2.24, 2.45) is 23.7 Å². The summed E-state index contributed by atoms with van der Waals surface area (Å²) in [6.45, 7) is 0.777. The summed E-state index contributed by atoms with van der Waals surface area (Å²) in [5, 5.41) is -6.02. The van der Waals surface area contributed by atoms with E-state index in [1.165, 1.54) is 0 Å². The maximum absolute atomic E-state index is 14.2. The van der Waals surface area contributed by atoms with Crippen LogP contribution in [0.1, 0.15) is 32.6 Å². The largest absolute Gasteiger partial charge is 0.466 e. The Kier molecular flexibility index (Phi) is 5.73. The number of ether oxygens (including phenoxy) is 1. The quantitative estimate of drug-likeness (QED) is 0.171. The van der Waals surface area contributed by atoms with Crippen molar-refractivity contribution in [3.8, 4) is 0 Å². The molecule has 4 atom stereocenters.